The van der Waals surface area contributed by atoms with Crippen molar-refractivity contribution in [3.63, 3.8) is 0 Å². The number of aromatic nitrogens is 2. The van der Waals surface area contributed by atoms with Gasteiger partial charge in [-0.1, -0.05) is 26.0 Å². The van der Waals surface area contributed by atoms with Crippen LogP contribution in [0, 0.1) is 5.92 Å². The Morgan fingerprint density at radius 2 is 2.05 bits per heavy atom. The van der Waals surface area contributed by atoms with Gasteiger partial charge in [0.15, 0.2) is 0 Å². The molecule has 0 fully saturated rings. The Balaban J connectivity index is 2.21. The first-order valence-electron chi connectivity index (χ1n) is 7.52. The van der Waals surface area contributed by atoms with Crippen LogP contribution in [0.2, 0.25) is 0 Å². The molecule has 2 unspecified atom stereocenters. The van der Waals surface area contributed by atoms with Crippen molar-refractivity contribution < 1.29 is 9.90 Å². The number of urea groups is 1. The molecule has 1 aromatic heterocycles. The van der Waals surface area contributed by atoms with Gasteiger partial charge in [-0.2, -0.15) is 0 Å². The van der Waals surface area contributed by atoms with Crippen molar-refractivity contribution in [2.45, 2.75) is 32.9 Å². The van der Waals surface area contributed by atoms with E-state index in [9.17, 15) is 4.79 Å². The van der Waals surface area contributed by atoms with E-state index >= 15 is 0 Å². The van der Waals surface area contributed by atoms with Gasteiger partial charge < -0.3 is 20.3 Å². The van der Waals surface area contributed by atoms with Crippen molar-refractivity contribution in [2.24, 2.45) is 5.92 Å². The fraction of sp³-hybridized carbons (Fsp3) is 0.500. The van der Waals surface area contributed by atoms with E-state index < -0.39 is 0 Å². The highest BCUT2D eigenvalue weighted by atomic mass is 16.3. The zero-order chi connectivity index (χ0) is 16.3. The minimum absolute atomic E-state index is 0.0685. The summed E-state index contributed by atoms with van der Waals surface area (Å²) in [7, 11) is 1.67. The number of para-hydroxylation sites is 2. The molecule has 6 heteroatoms. The summed E-state index contributed by atoms with van der Waals surface area (Å²) < 4.78 is 0. The molecule has 0 aliphatic rings. The van der Waals surface area contributed by atoms with E-state index in [4.69, 9.17) is 5.11 Å². The van der Waals surface area contributed by atoms with Gasteiger partial charge >= 0.3 is 6.03 Å². The lowest BCUT2D eigenvalue weighted by Gasteiger charge is -2.27. The molecule has 0 aliphatic carbocycles. The monoisotopic (exact) mass is 304 g/mol. The van der Waals surface area contributed by atoms with E-state index in [-0.39, 0.29) is 30.6 Å². The standard InChI is InChI=1S/C16H24N4O2/c1-10(2)14(19-16(22)20(4)11(3)9-21)15-17-12-7-5-6-8-13(12)18-15/h5-8,10-11,14,21H,9H2,1-4H3,(H,17,18)(H,19,22). The zero-order valence-corrected chi connectivity index (χ0v) is 13.5. The van der Waals surface area contributed by atoms with E-state index in [0.29, 0.717) is 0 Å². The smallest absolute Gasteiger partial charge is 0.318 e. The van der Waals surface area contributed by atoms with E-state index in [0.717, 1.165) is 16.9 Å². The SMILES string of the molecule is CC(C)C(NC(=O)N(C)C(C)CO)c1nc2ccccc2[nH]1. The number of fused-ring (bicyclic) bond motifs is 1. The largest absolute Gasteiger partial charge is 0.394 e. The number of H-pyrrole nitrogens is 1. The van der Waals surface area contributed by atoms with Gasteiger partial charge in [0.05, 0.1) is 29.7 Å². The van der Waals surface area contributed by atoms with Crippen molar-refractivity contribution in [3.05, 3.63) is 30.1 Å². The maximum absolute atomic E-state index is 12.3. The Morgan fingerprint density at radius 3 is 2.64 bits per heavy atom. The molecule has 6 nitrogen and oxygen atoms in total. The molecule has 22 heavy (non-hydrogen) atoms. The molecule has 0 bridgehead atoms. The molecule has 2 aromatic rings. The van der Waals surface area contributed by atoms with Crippen LogP contribution in [0.4, 0.5) is 4.79 Å². The lowest BCUT2D eigenvalue weighted by molar-refractivity contribution is 0.152. The van der Waals surface area contributed by atoms with Crippen LogP contribution in [0.25, 0.3) is 11.0 Å². The predicted octanol–water partition coefficient (Wildman–Crippen LogP) is 2.28. The molecule has 2 atom stereocenters. The number of nitrogens with one attached hydrogen (secondary N) is 2. The number of rotatable bonds is 5. The molecule has 0 radical (unpaired) electrons. The maximum Gasteiger partial charge on any atom is 0.318 e. The number of amides is 2. The predicted molar refractivity (Wildman–Crippen MR) is 86.5 cm³/mol. The molecule has 3 N–H and O–H groups in total. The summed E-state index contributed by atoms with van der Waals surface area (Å²) in [4.78, 5) is 21.7. The Morgan fingerprint density at radius 1 is 1.36 bits per heavy atom. The zero-order valence-electron chi connectivity index (χ0n) is 13.5. The second-order valence-corrected chi connectivity index (χ2v) is 5.95. The Kier molecular flexibility index (Phi) is 5.03. The van der Waals surface area contributed by atoms with Crippen LogP contribution in [0.5, 0.6) is 0 Å². The van der Waals surface area contributed by atoms with Gasteiger partial charge in [0.25, 0.3) is 0 Å². The summed E-state index contributed by atoms with van der Waals surface area (Å²) in [5.74, 6) is 0.928. The van der Waals surface area contributed by atoms with Gasteiger partial charge in [-0.15, -0.1) is 0 Å². The average molecular weight is 304 g/mol. The van der Waals surface area contributed by atoms with Crippen LogP contribution in [-0.4, -0.2) is 45.7 Å². The number of hydrogen-bond donors (Lipinski definition) is 3. The van der Waals surface area contributed by atoms with Crippen LogP contribution >= 0.6 is 0 Å². The summed E-state index contributed by atoms with van der Waals surface area (Å²) in [6.45, 7) is 5.80. The molecule has 1 aromatic carbocycles. The molecule has 2 rings (SSSR count). The summed E-state index contributed by atoms with van der Waals surface area (Å²) >= 11 is 0. The van der Waals surface area contributed by atoms with Crippen molar-refractivity contribution in [3.8, 4) is 0 Å². The third-order valence-electron chi connectivity index (χ3n) is 3.89. The van der Waals surface area contributed by atoms with Crippen molar-refractivity contribution in [2.75, 3.05) is 13.7 Å². The highest BCUT2D eigenvalue weighted by Crippen LogP contribution is 2.22. The van der Waals surface area contributed by atoms with Crippen LogP contribution < -0.4 is 5.32 Å². The molecule has 120 valence electrons. The summed E-state index contributed by atoms with van der Waals surface area (Å²) in [5, 5.41) is 12.2. The molecule has 0 aliphatic heterocycles. The fourth-order valence-electron chi connectivity index (χ4n) is 2.23. The number of benzene rings is 1. The van der Waals surface area contributed by atoms with Crippen LogP contribution in [0.3, 0.4) is 0 Å². The van der Waals surface area contributed by atoms with E-state index in [1.807, 2.05) is 38.1 Å². The normalized spacial score (nSPS) is 14.1. The molecule has 0 saturated heterocycles. The van der Waals surface area contributed by atoms with Crippen LogP contribution in [0.1, 0.15) is 32.6 Å². The summed E-state index contributed by atoms with van der Waals surface area (Å²) in [6, 6.07) is 7.12. The number of imidazole rings is 1. The first-order valence-corrected chi connectivity index (χ1v) is 7.52. The van der Waals surface area contributed by atoms with Gasteiger partial charge in [0.2, 0.25) is 0 Å². The van der Waals surface area contributed by atoms with E-state index in [1.54, 1.807) is 14.0 Å². The number of likely N-dealkylation sites (N-methyl/N-ethyl adjacent to an activating group) is 1. The Hall–Kier alpha value is -2.08. The lowest BCUT2D eigenvalue weighted by Crippen LogP contribution is -2.46. The van der Waals surface area contributed by atoms with Crippen molar-refractivity contribution in [1.29, 1.82) is 0 Å². The lowest BCUT2D eigenvalue weighted by atomic mass is 10.0. The topological polar surface area (TPSA) is 81.2 Å². The minimum Gasteiger partial charge on any atom is -0.394 e. The molecular formula is C16H24N4O2. The first kappa shape index (κ1) is 16.3. The summed E-state index contributed by atoms with van der Waals surface area (Å²) in [6.07, 6.45) is 0. The number of aromatic amines is 1. The number of carbonyl (C=O) groups is 1. The Bertz CT molecular complexity index is 605. The quantitative estimate of drug-likeness (QED) is 0.792. The second-order valence-electron chi connectivity index (χ2n) is 5.95. The fourth-order valence-corrected chi connectivity index (χ4v) is 2.23. The van der Waals surface area contributed by atoms with Crippen molar-refractivity contribution >= 4 is 17.1 Å². The van der Waals surface area contributed by atoms with Gasteiger partial charge in [-0.3, -0.25) is 0 Å². The molecule has 2 amide bonds. The summed E-state index contributed by atoms with van der Waals surface area (Å²) in [5.41, 5.74) is 1.84. The average Bonchev–Trinajstić information content (AvgIpc) is 2.93. The van der Waals surface area contributed by atoms with Gasteiger partial charge in [-0.05, 0) is 25.0 Å². The molecule has 0 saturated carbocycles. The highest BCUT2D eigenvalue weighted by molar-refractivity contribution is 5.76. The van der Waals surface area contributed by atoms with Gasteiger partial charge in [-0.25, -0.2) is 9.78 Å². The number of aliphatic hydroxyl groups is 1. The van der Waals surface area contributed by atoms with E-state index in [1.165, 1.54) is 4.90 Å². The highest BCUT2D eigenvalue weighted by Gasteiger charge is 2.24. The van der Waals surface area contributed by atoms with Crippen LogP contribution in [-0.2, 0) is 0 Å². The number of hydrogen-bond acceptors (Lipinski definition) is 3. The number of carbonyl (C=O) groups excluding carboxylic acids is 1. The molecule has 0 spiro atoms. The first-order chi connectivity index (χ1) is 10.4. The Labute approximate surface area is 130 Å². The van der Waals surface area contributed by atoms with Gasteiger partial charge in [0, 0.05) is 7.05 Å². The number of nitrogens with zero attached hydrogens (tertiary/aromatic N) is 2. The third kappa shape index (κ3) is 3.39. The number of aliphatic hydroxyl groups excluding tert-OH is 1. The van der Waals surface area contributed by atoms with Crippen molar-refractivity contribution in [1.82, 2.24) is 20.2 Å². The van der Waals surface area contributed by atoms with E-state index in [2.05, 4.69) is 15.3 Å². The molecule has 1 heterocycles. The molecular weight excluding hydrogens is 280 g/mol. The maximum atomic E-state index is 12.3. The van der Waals surface area contributed by atoms with Gasteiger partial charge in [0.1, 0.15) is 5.82 Å². The van der Waals surface area contributed by atoms with Crippen LogP contribution in [0.15, 0.2) is 24.3 Å². The minimum atomic E-state index is -0.233. The second kappa shape index (κ2) is 6.79. The third-order valence-corrected chi connectivity index (χ3v) is 3.89.